The molecular weight excluding hydrogens is 250 g/mol. The summed E-state index contributed by atoms with van der Waals surface area (Å²) in [5.74, 6) is 0.118. The summed E-state index contributed by atoms with van der Waals surface area (Å²) in [6.45, 7) is 12.3. The van der Waals surface area contributed by atoms with E-state index in [-0.39, 0.29) is 16.9 Å². The van der Waals surface area contributed by atoms with Crippen LogP contribution in [-0.4, -0.2) is 30.1 Å². The molecule has 4 nitrogen and oxygen atoms in total. The van der Waals surface area contributed by atoms with Crippen molar-refractivity contribution in [1.29, 1.82) is 0 Å². The third-order valence-electron chi connectivity index (χ3n) is 3.59. The first-order chi connectivity index (χ1) is 8.85. The van der Waals surface area contributed by atoms with Crippen LogP contribution in [0, 0.1) is 5.41 Å². The summed E-state index contributed by atoms with van der Waals surface area (Å²) in [5, 5.41) is 0. The Morgan fingerprint density at radius 2 is 1.45 bits per heavy atom. The first-order valence-electron chi connectivity index (χ1n) is 7.03. The summed E-state index contributed by atoms with van der Waals surface area (Å²) < 4.78 is 2.00. The van der Waals surface area contributed by atoms with Crippen LogP contribution in [0.3, 0.4) is 0 Å². The zero-order valence-electron chi connectivity index (χ0n) is 14.4. The molecule has 0 radical (unpaired) electrons. The maximum atomic E-state index is 12.5. The van der Waals surface area contributed by atoms with Crippen molar-refractivity contribution in [3.63, 3.8) is 0 Å². The van der Waals surface area contributed by atoms with E-state index in [0.717, 1.165) is 11.4 Å². The monoisotopic (exact) mass is 279 g/mol. The van der Waals surface area contributed by atoms with Crippen LogP contribution in [0.2, 0.25) is 0 Å². The zero-order chi connectivity index (χ0) is 15.9. The molecule has 1 aromatic heterocycles. The molecule has 0 unspecified atom stereocenters. The van der Waals surface area contributed by atoms with E-state index in [9.17, 15) is 4.79 Å². The molecule has 0 N–H and O–H groups in total. The lowest BCUT2D eigenvalue weighted by Gasteiger charge is -2.36. The Hall–Kier alpha value is -1.45. The molecule has 20 heavy (non-hydrogen) atoms. The van der Waals surface area contributed by atoms with Gasteiger partial charge in [-0.3, -0.25) is 4.79 Å². The van der Waals surface area contributed by atoms with Gasteiger partial charge in [0.1, 0.15) is 0 Å². The summed E-state index contributed by atoms with van der Waals surface area (Å²) in [6.07, 6.45) is 4.06. The third-order valence-corrected chi connectivity index (χ3v) is 3.59. The zero-order valence-corrected chi connectivity index (χ0v) is 14.4. The Labute approximate surface area is 123 Å². The predicted octanol–water partition coefficient (Wildman–Crippen LogP) is 3.27. The van der Waals surface area contributed by atoms with Crippen LogP contribution < -0.4 is 9.80 Å². The second kappa shape index (κ2) is 5.15. The van der Waals surface area contributed by atoms with Gasteiger partial charge in [0.25, 0.3) is 0 Å². The maximum absolute atomic E-state index is 12.5. The molecule has 0 saturated carbocycles. The molecule has 114 valence electrons. The minimum absolute atomic E-state index is 0.00171. The Bertz CT molecular complexity index is 489. The van der Waals surface area contributed by atoms with Gasteiger partial charge >= 0.3 is 0 Å². The Morgan fingerprint density at radius 3 is 1.85 bits per heavy atom. The number of hydrogen-bond donors (Lipinski definition) is 0. The number of rotatable bonds is 2. The minimum atomic E-state index is -0.387. The summed E-state index contributed by atoms with van der Waals surface area (Å²) in [4.78, 5) is 16.5. The van der Waals surface area contributed by atoms with E-state index in [1.165, 1.54) is 0 Å². The summed E-state index contributed by atoms with van der Waals surface area (Å²) in [5.41, 5.74) is 1.63. The van der Waals surface area contributed by atoms with Gasteiger partial charge in [0.05, 0.1) is 11.4 Å². The standard InChI is InChI=1S/C16H29N3O/c1-15(2,3)14(20)18(8)12-10-17(7)11-13(12)19(9)16(4,5)6/h10-11H,1-9H3. The van der Waals surface area contributed by atoms with Gasteiger partial charge in [0, 0.05) is 44.5 Å². The predicted molar refractivity (Wildman–Crippen MR) is 86.4 cm³/mol. The topological polar surface area (TPSA) is 28.5 Å². The number of anilines is 2. The van der Waals surface area contributed by atoms with E-state index in [4.69, 9.17) is 0 Å². The number of carbonyl (C=O) groups is 1. The van der Waals surface area contributed by atoms with Gasteiger partial charge in [-0.1, -0.05) is 20.8 Å². The highest BCUT2D eigenvalue weighted by molar-refractivity contribution is 5.99. The average Bonchev–Trinajstić information content (AvgIpc) is 2.65. The van der Waals surface area contributed by atoms with Gasteiger partial charge < -0.3 is 14.4 Å². The molecule has 0 aliphatic heterocycles. The first kappa shape index (κ1) is 16.6. The summed E-state index contributed by atoms with van der Waals surface area (Å²) >= 11 is 0. The van der Waals surface area contributed by atoms with Crippen molar-refractivity contribution in [2.75, 3.05) is 23.9 Å². The van der Waals surface area contributed by atoms with Gasteiger partial charge in [-0.15, -0.1) is 0 Å². The van der Waals surface area contributed by atoms with Crippen LogP contribution in [0.5, 0.6) is 0 Å². The van der Waals surface area contributed by atoms with E-state index in [1.807, 2.05) is 45.6 Å². The second-order valence-corrected chi connectivity index (χ2v) is 7.54. The fourth-order valence-corrected chi connectivity index (χ4v) is 2.05. The molecule has 0 aliphatic rings. The quantitative estimate of drug-likeness (QED) is 0.831. The van der Waals surface area contributed by atoms with Crippen LogP contribution in [0.25, 0.3) is 0 Å². The molecular formula is C16H29N3O. The number of carbonyl (C=O) groups excluding carboxylic acids is 1. The molecule has 1 amide bonds. The van der Waals surface area contributed by atoms with Crippen LogP contribution in [0.4, 0.5) is 11.4 Å². The number of aryl methyl sites for hydroxylation is 1. The van der Waals surface area contributed by atoms with Crippen LogP contribution in [0.15, 0.2) is 12.4 Å². The molecule has 0 bridgehead atoms. The largest absolute Gasteiger partial charge is 0.367 e. The van der Waals surface area contributed by atoms with E-state index < -0.39 is 0 Å². The normalized spacial score (nSPS) is 12.4. The SMILES string of the molecule is CN(C(=O)C(C)(C)C)c1cn(C)cc1N(C)C(C)(C)C. The lowest BCUT2D eigenvalue weighted by molar-refractivity contribution is -0.125. The van der Waals surface area contributed by atoms with Crippen molar-refractivity contribution < 1.29 is 4.79 Å². The minimum Gasteiger partial charge on any atom is -0.367 e. The molecule has 0 fully saturated rings. The smallest absolute Gasteiger partial charge is 0.232 e. The Morgan fingerprint density at radius 1 is 1.00 bits per heavy atom. The number of aromatic nitrogens is 1. The van der Waals surface area contributed by atoms with Crippen LogP contribution in [-0.2, 0) is 11.8 Å². The van der Waals surface area contributed by atoms with Crippen LogP contribution in [0.1, 0.15) is 41.5 Å². The van der Waals surface area contributed by atoms with Gasteiger partial charge in [-0.05, 0) is 20.8 Å². The fraction of sp³-hybridized carbons (Fsp3) is 0.688. The molecule has 0 atom stereocenters. The van der Waals surface area contributed by atoms with Gasteiger partial charge in [0.15, 0.2) is 0 Å². The van der Waals surface area contributed by atoms with E-state index in [0.29, 0.717) is 0 Å². The average molecular weight is 279 g/mol. The molecule has 1 heterocycles. The van der Waals surface area contributed by atoms with Crippen molar-refractivity contribution in [3.05, 3.63) is 12.4 Å². The molecule has 1 aromatic rings. The van der Waals surface area contributed by atoms with Gasteiger partial charge in [0.2, 0.25) is 5.91 Å². The van der Waals surface area contributed by atoms with E-state index in [1.54, 1.807) is 4.90 Å². The first-order valence-corrected chi connectivity index (χ1v) is 7.03. The molecule has 1 rings (SSSR count). The molecule has 4 heteroatoms. The molecule has 0 aliphatic carbocycles. The molecule has 0 aromatic carbocycles. The van der Waals surface area contributed by atoms with Gasteiger partial charge in [-0.25, -0.2) is 0 Å². The van der Waals surface area contributed by atoms with Crippen LogP contribution >= 0.6 is 0 Å². The highest BCUT2D eigenvalue weighted by atomic mass is 16.2. The van der Waals surface area contributed by atoms with Crippen molar-refractivity contribution >= 4 is 17.3 Å². The van der Waals surface area contributed by atoms with E-state index >= 15 is 0 Å². The van der Waals surface area contributed by atoms with Crippen molar-refractivity contribution in [2.45, 2.75) is 47.1 Å². The Kier molecular flexibility index (Phi) is 4.28. The Balaban J connectivity index is 3.24. The highest BCUT2D eigenvalue weighted by Gasteiger charge is 2.30. The number of hydrogen-bond acceptors (Lipinski definition) is 2. The number of amides is 1. The van der Waals surface area contributed by atoms with Gasteiger partial charge in [-0.2, -0.15) is 0 Å². The third kappa shape index (κ3) is 3.35. The lowest BCUT2D eigenvalue weighted by atomic mass is 9.94. The highest BCUT2D eigenvalue weighted by Crippen LogP contribution is 2.34. The molecule has 0 spiro atoms. The van der Waals surface area contributed by atoms with Crippen molar-refractivity contribution in [3.8, 4) is 0 Å². The van der Waals surface area contributed by atoms with Crippen molar-refractivity contribution in [2.24, 2.45) is 12.5 Å². The summed E-state index contributed by atoms with van der Waals surface area (Å²) in [6, 6.07) is 0. The maximum Gasteiger partial charge on any atom is 0.232 e. The van der Waals surface area contributed by atoms with E-state index in [2.05, 4.69) is 38.9 Å². The molecule has 0 saturated heterocycles. The lowest BCUT2D eigenvalue weighted by Crippen LogP contribution is -2.40. The second-order valence-electron chi connectivity index (χ2n) is 7.54. The van der Waals surface area contributed by atoms with Crippen molar-refractivity contribution in [1.82, 2.24) is 4.57 Å². The summed E-state index contributed by atoms with van der Waals surface area (Å²) in [7, 11) is 5.90. The fourth-order valence-electron chi connectivity index (χ4n) is 2.05. The number of nitrogens with zero attached hydrogens (tertiary/aromatic N) is 3.